The third kappa shape index (κ3) is 5.65. The Labute approximate surface area is 211 Å². The number of nitriles is 1. The molecule has 32 heavy (non-hydrogen) atoms. The van der Waals surface area contributed by atoms with Gasteiger partial charge in [0.1, 0.15) is 11.5 Å². The van der Waals surface area contributed by atoms with Gasteiger partial charge in [-0.1, -0.05) is 53.0 Å². The van der Waals surface area contributed by atoms with E-state index in [4.69, 9.17) is 14.7 Å². The molecular formula is C24H26INO4S2. The summed E-state index contributed by atoms with van der Waals surface area (Å²) >= 11 is 5.22. The molecule has 1 aromatic carbocycles. The van der Waals surface area contributed by atoms with Crippen LogP contribution in [0, 0.1) is 29.1 Å². The van der Waals surface area contributed by atoms with Crippen LogP contribution in [0.2, 0.25) is 0 Å². The second kappa shape index (κ2) is 10.8. The third-order valence-electron chi connectivity index (χ3n) is 6.39. The van der Waals surface area contributed by atoms with Crippen molar-refractivity contribution in [3.8, 4) is 17.6 Å². The number of esters is 2. The van der Waals surface area contributed by atoms with Crippen LogP contribution in [0.25, 0.3) is 0 Å². The predicted octanol–water partition coefficient (Wildman–Crippen LogP) is 6.88. The van der Waals surface area contributed by atoms with Crippen LogP contribution in [0.15, 0.2) is 32.2 Å². The average molecular weight is 584 g/mol. The molecular weight excluding hydrogens is 557 g/mol. The number of hydrogen-bond donors (Lipinski definition) is 0. The van der Waals surface area contributed by atoms with E-state index in [9.17, 15) is 9.59 Å². The van der Waals surface area contributed by atoms with E-state index in [1.807, 2.05) is 0 Å². The van der Waals surface area contributed by atoms with Gasteiger partial charge in [-0.2, -0.15) is 5.26 Å². The van der Waals surface area contributed by atoms with Crippen molar-refractivity contribution >= 4 is 58.1 Å². The van der Waals surface area contributed by atoms with Crippen molar-refractivity contribution < 1.29 is 19.1 Å². The predicted molar refractivity (Wildman–Crippen MR) is 134 cm³/mol. The lowest BCUT2D eigenvalue weighted by Crippen LogP contribution is -2.26. The summed E-state index contributed by atoms with van der Waals surface area (Å²) < 4.78 is 13.1. The van der Waals surface area contributed by atoms with Crippen molar-refractivity contribution in [1.82, 2.24) is 0 Å². The van der Waals surface area contributed by atoms with Gasteiger partial charge in [0.05, 0.1) is 31.9 Å². The smallest absolute Gasteiger partial charge is 0.314 e. The topological polar surface area (TPSA) is 76.4 Å². The molecule has 3 aliphatic rings. The molecule has 2 aliphatic carbocycles. The highest BCUT2D eigenvalue weighted by Gasteiger charge is 2.32. The molecule has 0 N–H and O–H groups in total. The Morgan fingerprint density at radius 1 is 0.938 bits per heavy atom. The molecule has 5 nitrogen and oxygen atoms in total. The number of nitrogens with zero attached hydrogens (tertiary/aromatic N) is 1. The number of carbonyl (C=O) groups excluding carboxylic acids is 2. The maximum atomic E-state index is 12.8. The monoisotopic (exact) mass is 583 g/mol. The van der Waals surface area contributed by atoms with Gasteiger partial charge in [-0.15, -0.1) is 0 Å². The molecule has 0 spiro atoms. The highest BCUT2D eigenvalue weighted by molar-refractivity contribution is 14.1. The summed E-state index contributed by atoms with van der Waals surface area (Å²) in [6, 6.07) is 5.49. The fourth-order valence-corrected chi connectivity index (χ4v) is 7.45. The van der Waals surface area contributed by atoms with E-state index in [1.165, 1.54) is 29.6 Å². The zero-order valence-electron chi connectivity index (χ0n) is 18.0. The van der Waals surface area contributed by atoms with Gasteiger partial charge in [0.15, 0.2) is 0 Å². The summed E-state index contributed by atoms with van der Waals surface area (Å²) in [6.07, 6.45) is 9.06. The fraction of sp³-hybridized carbons (Fsp3) is 0.542. The molecule has 0 unspecified atom stereocenters. The maximum absolute atomic E-state index is 12.8. The second-order valence-corrected chi connectivity index (χ2v) is 12.9. The molecule has 2 saturated carbocycles. The minimum atomic E-state index is -0.195. The highest BCUT2D eigenvalue weighted by Crippen LogP contribution is 2.58. The Bertz CT molecular complexity index is 890. The van der Waals surface area contributed by atoms with Gasteiger partial charge < -0.3 is 9.47 Å². The summed E-state index contributed by atoms with van der Waals surface area (Å²) in [5, 5.41) is 9.09. The zero-order valence-corrected chi connectivity index (χ0v) is 21.8. The average Bonchev–Trinajstić information content (AvgIpc) is 3.21. The maximum Gasteiger partial charge on any atom is 0.314 e. The summed E-state index contributed by atoms with van der Waals surface area (Å²) in [5.41, 5.74) is 0. The number of halogens is 1. The quantitative estimate of drug-likeness (QED) is 0.126. The van der Waals surface area contributed by atoms with Crippen LogP contribution < -0.4 is 9.47 Å². The number of ether oxygens (including phenoxy) is 2. The van der Waals surface area contributed by atoms with Crippen molar-refractivity contribution in [2.24, 2.45) is 17.8 Å². The van der Waals surface area contributed by atoms with Gasteiger partial charge >= 0.3 is 11.9 Å². The Balaban J connectivity index is 1.52. The Kier molecular flexibility index (Phi) is 8.11. The first-order valence-electron chi connectivity index (χ1n) is 11.1. The summed E-state index contributed by atoms with van der Waals surface area (Å²) in [6.45, 7) is 2.22. The van der Waals surface area contributed by atoms with Crippen molar-refractivity contribution in [2.45, 2.75) is 72.0 Å². The standard InChI is InChI=1S/C24H26INO4S2/c1-14-2-4-15(5-3-14)23(27)29-18-10-11-19(22-21(18)31-20(32-22)12-13-26)30-24(28)16-6-8-17(25)9-7-16/h10-12,14-17H,2-9H2,1H3/b20-12-. The number of carbonyl (C=O) groups is 2. The molecule has 1 aliphatic heterocycles. The number of hydrogen-bond acceptors (Lipinski definition) is 7. The van der Waals surface area contributed by atoms with E-state index >= 15 is 0 Å². The van der Waals surface area contributed by atoms with Crippen LogP contribution in [-0.2, 0) is 9.59 Å². The first-order valence-corrected chi connectivity index (χ1v) is 14.0. The molecule has 0 bridgehead atoms. The summed E-state index contributed by atoms with van der Waals surface area (Å²) in [7, 11) is 0. The highest BCUT2D eigenvalue weighted by atomic mass is 127. The Morgan fingerprint density at radius 3 is 1.88 bits per heavy atom. The molecule has 0 atom stereocenters. The molecule has 1 aromatic rings. The number of fused-ring (bicyclic) bond motifs is 1. The van der Waals surface area contributed by atoms with Crippen LogP contribution in [0.4, 0.5) is 0 Å². The molecule has 1 heterocycles. The minimum absolute atomic E-state index is 0.0689. The van der Waals surface area contributed by atoms with E-state index in [-0.39, 0.29) is 23.8 Å². The van der Waals surface area contributed by atoms with Gasteiger partial charge in [0.2, 0.25) is 0 Å². The van der Waals surface area contributed by atoms with Gasteiger partial charge in [0.25, 0.3) is 0 Å². The molecule has 170 valence electrons. The lowest BCUT2D eigenvalue weighted by Gasteiger charge is -2.25. The van der Waals surface area contributed by atoms with Crippen molar-refractivity contribution in [1.29, 1.82) is 5.26 Å². The minimum Gasteiger partial charge on any atom is -0.425 e. The number of rotatable bonds is 4. The summed E-state index contributed by atoms with van der Waals surface area (Å²) in [4.78, 5) is 27.1. The fourth-order valence-electron chi connectivity index (χ4n) is 4.38. The Morgan fingerprint density at radius 2 is 1.41 bits per heavy atom. The number of alkyl halides is 1. The molecule has 0 saturated heterocycles. The van der Waals surface area contributed by atoms with Crippen LogP contribution in [-0.4, -0.2) is 15.9 Å². The Hall–Kier alpha value is -1.18. The first-order chi connectivity index (χ1) is 15.4. The molecule has 0 radical (unpaired) electrons. The van der Waals surface area contributed by atoms with E-state index < -0.39 is 0 Å². The molecule has 0 aromatic heterocycles. The van der Waals surface area contributed by atoms with E-state index in [0.29, 0.717) is 21.3 Å². The molecule has 8 heteroatoms. The lowest BCUT2D eigenvalue weighted by molar-refractivity contribution is -0.141. The zero-order chi connectivity index (χ0) is 22.7. The van der Waals surface area contributed by atoms with Crippen molar-refractivity contribution in [3.63, 3.8) is 0 Å². The molecule has 2 fully saturated rings. The SMILES string of the molecule is CC1CCC(C(=O)Oc2ccc(OC(=O)C3CCC(I)CC3)c3c2S/C(=C/C#N)S3)CC1. The normalized spacial score (nSPS) is 28.6. The first kappa shape index (κ1) is 24.0. The van der Waals surface area contributed by atoms with E-state index in [1.54, 1.807) is 12.1 Å². The van der Waals surface area contributed by atoms with E-state index in [0.717, 1.165) is 65.4 Å². The van der Waals surface area contributed by atoms with Crippen LogP contribution in [0.3, 0.4) is 0 Å². The van der Waals surface area contributed by atoms with Gasteiger partial charge in [-0.25, -0.2) is 0 Å². The molecule has 4 rings (SSSR count). The third-order valence-corrected chi connectivity index (χ3v) is 10.1. The van der Waals surface area contributed by atoms with Gasteiger partial charge in [-0.3, -0.25) is 9.59 Å². The van der Waals surface area contributed by atoms with Gasteiger partial charge in [-0.05, 0) is 69.4 Å². The number of thioether (sulfide) groups is 2. The van der Waals surface area contributed by atoms with Crippen LogP contribution in [0.1, 0.15) is 58.3 Å². The number of benzene rings is 1. The number of allylic oxidation sites excluding steroid dienone is 1. The lowest BCUT2D eigenvalue weighted by atomic mass is 9.83. The summed E-state index contributed by atoms with van der Waals surface area (Å²) in [5.74, 6) is 1.09. The molecule has 0 amide bonds. The van der Waals surface area contributed by atoms with Crippen LogP contribution >= 0.6 is 46.1 Å². The van der Waals surface area contributed by atoms with E-state index in [2.05, 4.69) is 35.6 Å². The largest absolute Gasteiger partial charge is 0.425 e. The van der Waals surface area contributed by atoms with Crippen molar-refractivity contribution in [3.05, 3.63) is 22.4 Å². The van der Waals surface area contributed by atoms with Crippen LogP contribution in [0.5, 0.6) is 11.5 Å². The van der Waals surface area contributed by atoms with Gasteiger partial charge in [0, 0.05) is 10.0 Å². The second-order valence-electron chi connectivity index (χ2n) is 8.76. The van der Waals surface area contributed by atoms with Crippen molar-refractivity contribution in [2.75, 3.05) is 0 Å².